The van der Waals surface area contributed by atoms with Gasteiger partial charge in [-0.2, -0.15) is 0 Å². The number of hydrogen-bond acceptors (Lipinski definition) is 9. The molecule has 2 aromatic heterocycles. The topological polar surface area (TPSA) is 117 Å². The van der Waals surface area contributed by atoms with E-state index in [9.17, 15) is 14.4 Å². The Hall–Kier alpha value is -4.14. The molecule has 0 fully saturated rings. The lowest BCUT2D eigenvalue weighted by Crippen LogP contribution is -2.31. The Kier molecular flexibility index (Phi) is 9.28. The summed E-state index contributed by atoms with van der Waals surface area (Å²) < 4.78 is 15.7. The minimum atomic E-state index is -1.05. The van der Waals surface area contributed by atoms with Gasteiger partial charge in [-0.1, -0.05) is 12.2 Å². The average Bonchev–Trinajstić information content (AvgIpc) is 2.81. The molecule has 0 spiro atoms. The number of allylic oxidation sites excluding steroid dienone is 1. The van der Waals surface area contributed by atoms with Gasteiger partial charge in [0.15, 0.2) is 6.10 Å². The van der Waals surface area contributed by atoms with E-state index < -0.39 is 24.0 Å². The number of rotatable bonds is 10. The highest BCUT2D eigenvalue weighted by Crippen LogP contribution is 2.08. The van der Waals surface area contributed by atoms with Gasteiger partial charge in [0.1, 0.15) is 13.2 Å². The maximum Gasteiger partial charge on any atom is 0.340 e. The van der Waals surface area contributed by atoms with Crippen molar-refractivity contribution in [1.29, 1.82) is 0 Å². The number of hydrogen-bond donors (Lipinski definition) is 0. The van der Waals surface area contributed by atoms with Crippen LogP contribution in [-0.2, 0) is 19.0 Å². The third-order valence-electron chi connectivity index (χ3n) is 3.68. The highest BCUT2D eigenvalue weighted by atomic mass is 16.6. The molecule has 0 N–H and O–H groups in total. The van der Waals surface area contributed by atoms with E-state index in [2.05, 4.69) is 21.7 Å². The molecule has 2 heterocycles. The zero-order chi connectivity index (χ0) is 22.5. The molecule has 9 heteroatoms. The van der Waals surface area contributed by atoms with E-state index in [1.54, 1.807) is 25.1 Å². The Morgan fingerprint density at radius 3 is 2.19 bits per heavy atom. The number of aliphatic imine (C=N–C) groups is 1. The van der Waals surface area contributed by atoms with Gasteiger partial charge in [0.2, 0.25) is 0 Å². The summed E-state index contributed by atoms with van der Waals surface area (Å²) in [6.45, 7) is 4.34. The molecule has 9 nitrogen and oxygen atoms in total. The van der Waals surface area contributed by atoms with Crippen molar-refractivity contribution in [3.8, 4) is 0 Å². The summed E-state index contributed by atoms with van der Waals surface area (Å²) in [5.74, 6) is -2.07. The summed E-state index contributed by atoms with van der Waals surface area (Å²) in [5, 5.41) is 0. The molecule has 0 bridgehead atoms. The fraction of sp³-hybridized carbons (Fsp3) is 0.182. The Balaban J connectivity index is 2.06. The van der Waals surface area contributed by atoms with Crippen molar-refractivity contribution < 1.29 is 28.6 Å². The second kappa shape index (κ2) is 12.4. The lowest BCUT2D eigenvalue weighted by atomic mass is 10.2. The van der Waals surface area contributed by atoms with Crippen molar-refractivity contribution in [3.63, 3.8) is 0 Å². The number of ether oxygens (including phenoxy) is 3. The number of pyridine rings is 2. The molecular weight excluding hydrogens is 402 g/mol. The molecular formula is C22H21N3O6. The molecule has 0 aliphatic rings. The van der Waals surface area contributed by atoms with Crippen LogP contribution in [0.5, 0.6) is 0 Å². The van der Waals surface area contributed by atoms with E-state index >= 15 is 0 Å². The molecule has 0 radical (unpaired) electrons. The second-order valence-corrected chi connectivity index (χ2v) is 5.97. The minimum Gasteiger partial charge on any atom is -0.458 e. The SMILES string of the molecule is C=N/C=C(\C=C/C)C(=O)OCC(COC(=O)c1cccnc1)OC(=O)c1cccnc1. The summed E-state index contributed by atoms with van der Waals surface area (Å²) in [7, 11) is 0. The van der Waals surface area contributed by atoms with E-state index in [1.165, 1.54) is 49.2 Å². The summed E-state index contributed by atoms with van der Waals surface area (Å²) in [6, 6.07) is 6.21. The molecule has 1 atom stereocenters. The van der Waals surface area contributed by atoms with Gasteiger partial charge in [-0.05, 0) is 37.9 Å². The predicted octanol–water partition coefficient (Wildman–Crippen LogP) is 2.56. The van der Waals surface area contributed by atoms with Crippen molar-refractivity contribution in [2.45, 2.75) is 13.0 Å². The molecule has 0 saturated carbocycles. The lowest BCUT2D eigenvalue weighted by Gasteiger charge is -2.18. The number of carbonyl (C=O) groups is 3. The van der Waals surface area contributed by atoms with Crippen LogP contribution in [0.2, 0.25) is 0 Å². The van der Waals surface area contributed by atoms with E-state index in [0.717, 1.165) is 0 Å². The summed E-state index contributed by atoms with van der Waals surface area (Å²) in [6.07, 6.45) is 9.01. The first-order valence-electron chi connectivity index (χ1n) is 9.19. The molecule has 0 aromatic carbocycles. The van der Waals surface area contributed by atoms with Gasteiger partial charge in [-0.25, -0.2) is 14.4 Å². The molecule has 0 amide bonds. The van der Waals surface area contributed by atoms with Gasteiger partial charge < -0.3 is 14.2 Å². The predicted molar refractivity (Wildman–Crippen MR) is 111 cm³/mol. The zero-order valence-corrected chi connectivity index (χ0v) is 16.8. The third-order valence-corrected chi connectivity index (χ3v) is 3.68. The van der Waals surface area contributed by atoms with Gasteiger partial charge in [0.25, 0.3) is 0 Å². The van der Waals surface area contributed by atoms with E-state index in [-0.39, 0.29) is 29.9 Å². The van der Waals surface area contributed by atoms with Gasteiger partial charge in [-0.15, -0.1) is 0 Å². The van der Waals surface area contributed by atoms with Crippen LogP contribution < -0.4 is 0 Å². The first kappa shape index (κ1) is 23.1. The van der Waals surface area contributed by atoms with Gasteiger partial charge in [0.05, 0.1) is 16.7 Å². The zero-order valence-electron chi connectivity index (χ0n) is 16.8. The fourth-order valence-electron chi connectivity index (χ4n) is 2.25. The van der Waals surface area contributed by atoms with Crippen LogP contribution in [0.15, 0.2) is 78.0 Å². The molecule has 1 unspecified atom stereocenters. The quantitative estimate of drug-likeness (QED) is 0.188. The first-order valence-corrected chi connectivity index (χ1v) is 9.19. The molecule has 0 aliphatic heterocycles. The molecule has 2 rings (SSSR count). The van der Waals surface area contributed by atoms with Gasteiger partial charge >= 0.3 is 17.9 Å². The van der Waals surface area contributed by atoms with E-state index in [4.69, 9.17) is 14.2 Å². The summed E-state index contributed by atoms with van der Waals surface area (Å²) in [5.41, 5.74) is 0.581. The molecule has 0 aliphatic carbocycles. The smallest absolute Gasteiger partial charge is 0.340 e. The Labute approximate surface area is 179 Å². The number of esters is 3. The fourth-order valence-corrected chi connectivity index (χ4v) is 2.25. The summed E-state index contributed by atoms with van der Waals surface area (Å²) >= 11 is 0. The third kappa shape index (κ3) is 7.65. The standard InChI is InChI=1S/C22H21N3O6/c1-3-6-16(11-23-2)20(26)29-14-19(31-22(28)18-8-5-10-25-13-18)15-30-21(27)17-7-4-9-24-12-17/h3-13,19H,2,14-15H2,1H3/b6-3-,16-11+. The average molecular weight is 423 g/mol. The molecule has 160 valence electrons. The van der Waals surface area contributed by atoms with E-state index in [0.29, 0.717) is 0 Å². The lowest BCUT2D eigenvalue weighted by molar-refractivity contribution is -0.142. The van der Waals surface area contributed by atoms with Crippen LogP contribution in [-0.4, -0.2) is 53.9 Å². The van der Waals surface area contributed by atoms with Crippen molar-refractivity contribution >= 4 is 24.6 Å². The van der Waals surface area contributed by atoms with Crippen molar-refractivity contribution in [3.05, 3.63) is 84.1 Å². The van der Waals surface area contributed by atoms with Crippen LogP contribution in [0.25, 0.3) is 0 Å². The maximum atomic E-state index is 12.4. The normalized spacial score (nSPS) is 12.1. The highest BCUT2D eigenvalue weighted by molar-refractivity contribution is 5.92. The number of nitrogens with zero attached hydrogens (tertiary/aromatic N) is 3. The molecule has 0 saturated heterocycles. The molecule has 31 heavy (non-hydrogen) atoms. The van der Waals surface area contributed by atoms with Crippen LogP contribution in [0.4, 0.5) is 0 Å². The largest absolute Gasteiger partial charge is 0.458 e. The second-order valence-electron chi connectivity index (χ2n) is 5.97. The van der Waals surface area contributed by atoms with Crippen LogP contribution in [0, 0.1) is 0 Å². The van der Waals surface area contributed by atoms with Crippen LogP contribution >= 0.6 is 0 Å². The van der Waals surface area contributed by atoms with Gasteiger partial charge in [0, 0.05) is 31.0 Å². The van der Waals surface area contributed by atoms with Crippen molar-refractivity contribution in [2.24, 2.45) is 4.99 Å². The van der Waals surface area contributed by atoms with Crippen LogP contribution in [0.1, 0.15) is 27.6 Å². The Morgan fingerprint density at radius 2 is 1.65 bits per heavy atom. The van der Waals surface area contributed by atoms with E-state index in [1.807, 2.05) is 0 Å². The summed E-state index contributed by atoms with van der Waals surface area (Å²) in [4.78, 5) is 48.0. The first-order chi connectivity index (χ1) is 15.0. The number of aromatic nitrogens is 2. The highest BCUT2D eigenvalue weighted by Gasteiger charge is 2.22. The minimum absolute atomic E-state index is 0.155. The number of carbonyl (C=O) groups excluding carboxylic acids is 3. The van der Waals surface area contributed by atoms with Crippen molar-refractivity contribution in [2.75, 3.05) is 13.2 Å². The van der Waals surface area contributed by atoms with Crippen molar-refractivity contribution in [1.82, 2.24) is 9.97 Å². The Bertz CT molecular complexity index is 958. The van der Waals surface area contributed by atoms with Gasteiger partial charge in [-0.3, -0.25) is 15.0 Å². The Morgan fingerprint density at radius 1 is 1.03 bits per heavy atom. The maximum absolute atomic E-state index is 12.4. The van der Waals surface area contributed by atoms with Crippen LogP contribution in [0.3, 0.4) is 0 Å². The molecule has 2 aromatic rings. The monoisotopic (exact) mass is 423 g/mol.